The van der Waals surface area contributed by atoms with Crippen molar-refractivity contribution in [2.24, 2.45) is 0 Å². The second-order valence-corrected chi connectivity index (χ2v) is 5.60. The van der Waals surface area contributed by atoms with E-state index in [0.717, 1.165) is 30.5 Å². The number of rotatable bonds is 6. The van der Waals surface area contributed by atoms with Crippen LogP contribution in [0, 0.1) is 0 Å². The molecule has 0 radical (unpaired) electrons. The van der Waals surface area contributed by atoms with Gasteiger partial charge in [-0.25, -0.2) is 0 Å². The number of phenols is 1. The molecule has 2 rings (SSSR count). The fraction of sp³-hybridized carbons (Fsp3) is 0.471. The number of phenolic OH excluding ortho intramolecular Hbond substituents is 1. The van der Waals surface area contributed by atoms with Crippen molar-refractivity contribution >= 4 is 11.6 Å². The van der Waals surface area contributed by atoms with Crippen molar-refractivity contribution in [3.05, 3.63) is 35.9 Å². The van der Waals surface area contributed by atoms with Gasteiger partial charge in [0.15, 0.2) is 0 Å². The van der Waals surface area contributed by atoms with Gasteiger partial charge < -0.3 is 15.7 Å². The molecule has 0 heterocycles. The Morgan fingerprint density at radius 2 is 2.10 bits per heavy atom. The summed E-state index contributed by atoms with van der Waals surface area (Å²) in [5.41, 5.74) is 1.55. The zero-order valence-corrected chi connectivity index (χ0v) is 12.7. The highest BCUT2D eigenvalue weighted by Gasteiger charge is 2.17. The van der Waals surface area contributed by atoms with Gasteiger partial charge in [0.25, 0.3) is 0 Å². The minimum absolute atomic E-state index is 0.00902. The number of benzene rings is 1. The van der Waals surface area contributed by atoms with Crippen LogP contribution in [-0.2, 0) is 4.79 Å². The van der Waals surface area contributed by atoms with E-state index in [4.69, 9.17) is 0 Å². The Bertz CT molecular complexity index is 518. The number of carbonyl (C=O) groups is 1. The van der Waals surface area contributed by atoms with Crippen molar-refractivity contribution < 1.29 is 9.90 Å². The minimum atomic E-state index is 0.00902. The average molecular weight is 288 g/mol. The highest BCUT2D eigenvalue weighted by Crippen LogP contribution is 2.28. The Hall–Kier alpha value is -1.81. The zero-order chi connectivity index (χ0) is 15.2. The molecule has 0 fully saturated rings. The maximum atomic E-state index is 11.7. The van der Waals surface area contributed by atoms with Gasteiger partial charge in [-0.2, -0.15) is 0 Å². The molecule has 1 unspecified atom stereocenters. The van der Waals surface area contributed by atoms with Crippen LogP contribution in [0.4, 0.5) is 5.69 Å². The first-order valence-electron chi connectivity index (χ1n) is 7.64. The first-order chi connectivity index (χ1) is 10.1. The van der Waals surface area contributed by atoms with E-state index in [-0.39, 0.29) is 17.7 Å². The van der Waals surface area contributed by atoms with Crippen LogP contribution in [0.15, 0.2) is 30.4 Å². The van der Waals surface area contributed by atoms with Crippen LogP contribution in [0.25, 0.3) is 0 Å². The summed E-state index contributed by atoms with van der Waals surface area (Å²) in [6, 6.07) is 5.69. The highest BCUT2D eigenvalue weighted by molar-refractivity contribution is 5.90. The number of hydrogen-bond acceptors (Lipinski definition) is 3. The average Bonchev–Trinajstić information content (AvgIpc) is 2.94. The van der Waals surface area contributed by atoms with Crippen molar-refractivity contribution in [1.29, 1.82) is 0 Å². The summed E-state index contributed by atoms with van der Waals surface area (Å²) in [6.45, 7) is 4.01. The van der Waals surface area contributed by atoms with Crippen molar-refractivity contribution in [2.45, 2.75) is 51.6 Å². The number of anilines is 1. The van der Waals surface area contributed by atoms with Crippen LogP contribution < -0.4 is 10.6 Å². The first kappa shape index (κ1) is 15.6. The predicted octanol–water partition coefficient (Wildman–Crippen LogP) is 3.50. The molecule has 1 amide bonds. The lowest BCUT2D eigenvalue weighted by Crippen LogP contribution is -2.29. The third-order valence-corrected chi connectivity index (χ3v) is 3.75. The van der Waals surface area contributed by atoms with Crippen molar-refractivity contribution in [3.8, 4) is 5.75 Å². The standard InChI is InChI=1S/C17H24N2O2/c1-3-6-17(21)19-14-9-10-16(20)15(11-14)12(2)18-13-7-4-5-8-13/h4-5,9-13,18,20H,3,6-8H2,1-2H3,(H,19,21). The van der Waals surface area contributed by atoms with Crippen LogP contribution in [-0.4, -0.2) is 17.1 Å². The van der Waals surface area contributed by atoms with Crippen LogP contribution >= 0.6 is 0 Å². The highest BCUT2D eigenvalue weighted by atomic mass is 16.3. The van der Waals surface area contributed by atoms with Gasteiger partial charge in [0.1, 0.15) is 5.75 Å². The lowest BCUT2D eigenvalue weighted by Gasteiger charge is -2.21. The van der Waals surface area contributed by atoms with E-state index in [9.17, 15) is 9.90 Å². The number of nitrogens with one attached hydrogen (secondary N) is 2. The Kier molecular flexibility index (Phi) is 5.39. The van der Waals surface area contributed by atoms with E-state index < -0.39 is 0 Å². The van der Waals surface area contributed by atoms with Gasteiger partial charge in [0.2, 0.25) is 5.91 Å². The largest absolute Gasteiger partial charge is 0.508 e. The topological polar surface area (TPSA) is 61.4 Å². The molecular formula is C17H24N2O2. The lowest BCUT2D eigenvalue weighted by molar-refractivity contribution is -0.116. The molecule has 0 spiro atoms. The minimum Gasteiger partial charge on any atom is -0.508 e. The molecule has 1 atom stereocenters. The summed E-state index contributed by atoms with van der Waals surface area (Å²) >= 11 is 0. The van der Waals surface area contributed by atoms with Crippen molar-refractivity contribution in [1.82, 2.24) is 5.32 Å². The van der Waals surface area contributed by atoms with E-state index in [1.807, 2.05) is 19.9 Å². The fourth-order valence-corrected chi connectivity index (χ4v) is 2.63. The molecule has 21 heavy (non-hydrogen) atoms. The molecule has 3 N–H and O–H groups in total. The van der Waals surface area contributed by atoms with Gasteiger partial charge >= 0.3 is 0 Å². The number of hydrogen-bond donors (Lipinski definition) is 3. The van der Waals surface area contributed by atoms with E-state index in [0.29, 0.717) is 12.5 Å². The van der Waals surface area contributed by atoms with E-state index >= 15 is 0 Å². The molecular weight excluding hydrogens is 264 g/mol. The van der Waals surface area contributed by atoms with Gasteiger partial charge in [0, 0.05) is 29.8 Å². The van der Waals surface area contributed by atoms with Crippen LogP contribution in [0.1, 0.15) is 51.1 Å². The quantitative estimate of drug-likeness (QED) is 0.554. The third kappa shape index (κ3) is 4.33. The maximum Gasteiger partial charge on any atom is 0.224 e. The molecule has 0 saturated carbocycles. The fourth-order valence-electron chi connectivity index (χ4n) is 2.63. The third-order valence-electron chi connectivity index (χ3n) is 3.75. The Labute approximate surface area is 126 Å². The predicted molar refractivity (Wildman–Crippen MR) is 85.4 cm³/mol. The van der Waals surface area contributed by atoms with Gasteiger partial charge in [-0.15, -0.1) is 0 Å². The monoisotopic (exact) mass is 288 g/mol. The molecule has 0 aliphatic heterocycles. The molecule has 1 aliphatic carbocycles. The van der Waals surface area contributed by atoms with Crippen LogP contribution in [0.5, 0.6) is 5.75 Å². The molecule has 114 valence electrons. The summed E-state index contributed by atoms with van der Waals surface area (Å²) in [7, 11) is 0. The molecule has 1 aliphatic rings. The van der Waals surface area contributed by atoms with Crippen molar-refractivity contribution in [2.75, 3.05) is 5.32 Å². The summed E-state index contributed by atoms with van der Waals surface area (Å²) in [5.74, 6) is 0.268. The second kappa shape index (κ2) is 7.27. The molecule has 1 aromatic rings. The van der Waals surface area contributed by atoms with Gasteiger partial charge in [0.05, 0.1) is 0 Å². The van der Waals surface area contributed by atoms with Gasteiger partial charge in [-0.3, -0.25) is 4.79 Å². The lowest BCUT2D eigenvalue weighted by atomic mass is 10.0. The molecule has 0 saturated heterocycles. The number of amides is 1. The summed E-state index contributed by atoms with van der Waals surface area (Å²) < 4.78 is 0. The van der Waals surface area contributed by atoms with Crippen LogP contribution in [0.3, 0.4) is 0 Å². The summed E-state index contributed by atoms with van der Waals surface area (Å²) in [4.78, 5) is 11.7. The Morgan fingerprint density at radius 1 is 1.38 bits per heavy atom. The summed E-state index contributed by atoms with van der Waals surface area (Å²) in [5, 5.41) is 16.4. The van der Waals surface area contributed by atoms with Gasteiger partial charge in [-0.05, 0) is 44.4 Å². The molecule has 0 aromatic heterocycles. The second-order valence-electron chi connectivity index (χ2n) is 5.60. The Morgan fingerprint density at radius 3 is 2.76 bits per heavy atom. The smallest absolute Gasteiger partial charge is 0.224 e. The molecule has 4 nitrogen and oxygen atoms in total. The number of aromatic hydroxyl groups is 1. The van der Waals surface area contributed by atoms with E-state index in [2.05, 4.69) is 22.8 Å². The normalized spacial score (nSPS) is 16.1. The maximum absolute atomic E-state index is 11.7. The Balaban J connectivity index is 2.05. The zero-order valence-electron chi connectivity index (χ0n) is 12.7. The van der Waals surface area contributed by atoms with E-state index in [1.54, 1.807) is 12.1 Å². The number of carbonyl (C=O) groups excluding carboxylic acids is 1. The first-order valence-corrected chi connectivity index (χ1v) is 7.64. The molecule has 4 heteroatoms. The van der Waals surface area contributed by atoms with Crippen LogP contribution in [0.2, 0.25) is 0 Å². The summed E-state index contributed by atoms with van der Waals surface area (Å²) in [6.07, 6.45) is 7.73. The van der Waals surface area contributed by atoms with Gasteiger partial charge in [-0.1, -0.05) is 19.1 Å². The van der Waals surface area contributed by atoms with Crippen molar-refractivity contribution in [3.63, 3.8) is 0 Å². The van der Waals surface area contributed by atoms with E-state index in [1.165, 1.54) is 0 Å². The molecule has 0 bridgehead atoms. The SMILES string of the molecule is CCCC(=O)Nc1ccc(O)c(C(C)NC2CC=CC2)c1. The molecule has 1 aromatic carbocycles.